The predicted molar refractivity (Wildman–Crippen MR) is 241 cm³/mol. The van der Waals surface area contributed by atoms with Crippen LogP contribution >= 0.6 is 12.6 Å². The Hall–Kier alpha value is -6.01. The van der Waals surface area contributed by atoms with E-state index < -0.39 is 12.2 Å². The molecular weight excluding hydrogens is 769 g/mol. The summed E-state index contributed by atoms with van der Waals surface area (Å²) in [5.74, 6) is 1.23. The Morgan fingerprint density at radius 2 is 1.25 bits per heavy atom. The Bertz CT molecular complexity index is 2060. The number of imidazole rings is 2. The average molecular weight is 831 g/mol. The van der Waals surface area contributed by atoms with Gasteiger partial charge in [0, 0.05) is 24.2 Å². The fourth-order valence-electron chi connectivity index (χ4n) is 5.54. The molecule has 5 rings (SSSR count). The highest BCUT2D eigenvalue weighted by molar-refractivity contribution is 7.80. The van der Waals surface area contributed by atoms with Gasteiger partial charge in [-0.3, -0.25) is 9.59 Å². The van der Waals surface area contributed by atoms with Gasteiger partial charge in [0.05, 0.1) is 50.2 Å². The van der Waals surface area contributed by atoms with Crippen molar-refractivity contribution in [3.05, 3.63) is 72.4 Å². The van der Waals surface area contributed by atoms with E-state index in [1.807, 2.05) is 37.3 Å². The largest absolute Gasteiger partial charge is 0.453 e. The molecule has 0 aliphatic rings. The number of benzene rings is 3. The first-order chi connectivity index (χ1) is 28.0. The van der Waals surface area contributed by atoms with E-state index in [2.05, 4.69) is 112 Å². The lowest BCUT2D eigenvalue weighted by atomic mass is 9.99. The molecule has 59 heavy (non-hydrogen) atoms. The number of hydrogen-bond acceptors (Lipinski definition) is 9. The minimum atomic E-state index is -0.670. The number of carbonyl (C=O) groups is 4. The molecule has 0 radical (unpaired) electrons. The van der Waals surface area contributed by atoms with Crippen molar-refractivity contribution in [2.75, 3.05) is 46.2 Å². The predicted octanol–water partition coefficient (Wildman–Crippen LogP) is 8.20. The van der Waals surface area contributed by atoms with E-state index in [1.165, 1.54) is 27.1 Å². The quantitative estimate of drug-likeness (QED) is 0.0550. The number of alkyl carbamates (subject to hydrolysis) is 2. The SMILES string of the molecule is C.C#C.CCC.CCC.CCCN(Cc1ncc(-c2ccc(-c3ccc4c(ccc5[nH]c(CN(CCS)C(=O)CNC(=O)OC)nc54)c3)cc2)[nH]1)C(=O)CNC(=O)OC. The number of aromatic amines is 2. The molecule has 3 aromatic carbocycles. The number of thiol groups is 1. The molecule has 0 bridgehead atoms. The summed E-state index contributed by atoms with van der Waals surface area (Å²) in [5.41, 5.74) is 5.52. The van der Waals surface area contributed by atoms with Gasteiger partial charge in [-0.2, -0.15) is 12.6 Å². The number of nitrogens with zero attached hydrogens (tertiary/aromatic N) is 4. The van der Waals surface area contributed by atoms with Crippen LogP contribution in [-0.4, -0.2) is 99.9 Å². The third-order valence-electron chi connectivity index (χ3n) is 8.06. The van der Waals surface area contributed by atoms with Crippen molar-refractivity contribution in [2.45, 2.75) is 74.4 Å². The summed E-state index contributed by atoms with van der Waals surface area (Å²) in [4.78, 5) is 67.4. The van der Waals surface area contributed by atoms with Crippen LogP contribution in [0.5, 0.6) is 0 Å². The number of aromatic nitrogens is 4. The van der Waals surface area contributed by atoms with E-state index in [9.17, 15) is 19.2 Å². The van der Waals surface area contributed by atoms with Gasteiger partial charge >= 0.3 is 12.2 Å². The lowest BCUT2D eigenvalue weighted by Crippen LogP contribution is -2.40. The van der Waals surface area contributed by atoms with Crippen molar-refractivity contribution in [3.63, 3.8) is 0 Å². The molecule has 5 aromatic rings. The Labute approximate surface area is 354 Å². The third-order valence-corrected chi connectivity index (χ3v) is 8.26. The van der Waals surface area contributed by atoms with Crippen LogP contribution in [0.4, 0.5) is 9.59 Å². The van der Waals surface area contributed by atoms with E-state index >= 15 is 0 Å². The molecule has 2 heterocycles. The lowest BCUT2D eigenvalue weighted by molar-refractivity contribution is -0.131. The van der Waals surface area contributed by atoms with Crippen molar-refractivity contribution in [2.24, 2.45) is 0 Å². The molecule has 0 aliphatic heterocycles. The van der Waals surface area contributed by atoms with E-state index in [-0.39, 0.29) is 45.4 Å². The van der Waals surface area contributed by atoms with Gasteiger partial charge in [-0.1, -0.05) is 97.4 Å². The highest BCUT2D eigenvalue weighted by Crippen LogP contribution is 2.30. The standard InChI is InChI=1S/C35H40N8O6S.2C3H8.C2H2.CH4/c1-4-13-42(31(44)18-37-34(46)48-2)20-29-36-17-28(40-29)23-7-5-22(6-8-23)24-9-11-26-25(16-24)10-12-27-33(26)41-30(39-27)21-43(14-15-50)32(45)19-38-35(47)49-3;2*1-3-2;1-2;/h5-12,16-17,50H,4,13-15,18-21H2,1-3H3,(H,36,40)(H,37,46)(H,38,47)(H,39,41);2*3H2,1-2H3;1-2H;1H4. The number of fused-ring (bicyclic) bond motifs is 3. The van der Waals surface area contributed by atoms with Gasteiger partial charge in [0.2, 0.25) is 11.8 Å². The summed E-state index contributed by atoms with van der Waals surface area (Å²) in [6.45, 7) is 11.6. The van der Waals surface area contributed by atoms with E-state index in [1.54, 1.807) is 16.0 Å². The second-order valence-electron chi connectivity index (χ2n) is 12.9. The zero-order chi connectivity index (χ0) is 43.0. The minimum absolute atomic E-state index is 0. The number of rotatable bonds is 14. The number of nitrogens with one attached hydrogen (secondary N) is 4. The van der Waals surface area contributed by atoms with Crippen LogP contribution in [0.3, 0.4) is 0 Å². The van der Waals surface area contributed by atoms with Crippen LogP contribution in [0, 0.1) is 12.8 Å². The van der Waals surface area contributed by atoms with Crippen molar-refractivity contribution >= 4 is 58.4 Å². The van der Waals surface area contributed by atoms with Gasteiger partial charge < -0.3 is 39.9 Å². The highest BCUT2D eigenvalue weighted by Gasteiger charge is 2.18. The second kappa shape index (κ2) is 27.6. The van der Waals surface area contributed by atoms with Gasteiger partial charge in [0.25, 0.3) is 0 Å². The molecule has 0 unspecified atom stereocenters. The number of amides is 4. The van der Waals surface area contributed by atoms with Crippen LogP contribution < -0.4 is 10.6 Å². The van der Waals surface area contributed by atoms with Crippen LogP contribution in [0.15, 0.2) is 60.8 Å². The van der Waals surface area contributed by atoms with E-state index in [0.717, 1.165) is 50.6 Å². The van der Waals surface area contributed by atoms with Crippen molar-refractivity contribution in [1.82, 2.24) is 40.4 Å². The number of carbonyl (C=O) groups excluding carboxylic acids is 4. The Morgan fingerprint density at radius 1 is 0.729 bits per heavy atom. The first-order valence-electron chi connectivity index (χ1n) is 19.2. The van der Waals surface area contributed by atoms with Crippen molar-refractivity contribution in [3.8, 4) is 35.2 Å². The first-order valence-corrected chi connectivity index (χ1v) is 19.9. The smallest absolute Gasteiger partial charge is 0.407 e. The lowest BCUT2D eigenvalue weighted by Gasteiger charge is -2.21. The van der Waals surface area contributed by atoms with Gasteiger partial charge in [-0.25, -0.2) is 19.6 Å². The fraction of sp³-hybridized carbons (Fsp3) is 0.409. The summed E-state index contributed by atoms with van der Waals surface area (Å²) in [5, 5.41) is 6.85. The maximum absolute atomic E-state index is 12.7. The summed E-state index contributed by atoms with van der Waals surface area (Å²) in [7, 11) is 2.50. The number of H-pyrrole nitrogens is 2. The Balaban J connectivity index is 0.00000180. The normalized spacial score (nSPS) is 9.93. The van der Waals surface area contributed by atoms with Gasteiger partial charge in [0.1, 0.15) is 24.7 Å². The molecule has 0 saturated heterocycles. The third kappa shape index (κ3) is 15.7. The maximum atomic E-state index is 12.7. The molecule has 0 fully saturated rings. The molecule has 320 valence electrons. The zero-order valence-corrected chi connectivity index (χ0v) is 35.6. The van der Waals surface area contributed by atoms with Crippen molar-refractivity contribution < 1.29 is 28.7 Å². The Morgan fingerprint density at radius 3 is 1.80 bits per heavy atom. The fourth-order valence-corrected chi connectivity index (χ4v) is 5.78. The topological polar surface area (TPSA) is 175 Å². The number of hydrogen-bond donors (Lipinski definition) is 5. The van der Waals surface area contributed by atoms with E-state index in [4.69, 9.17) is 4.98 Å². The molecule has 2 aromatic heterocycles. The summed E-state index contributed by atoms with van der Waals surface area (Å²) in [6.07, 6.45) is 11.7. The molecule has 0 saturated carbocycles. The molecule has 14 nitrogen and oxygen atoms in total. The summed E-state index contributed by atoms with van der Waals surface area (Å²) < 4.78 is 9.11. The van der Waals surface area contributed by atoms with E-state index in [0.29, 0.717) is 30.5 Å². The van der Waals surface area contributed by atoms with Crippen molar-refractivity contribution in [1.29, 1.82) is 0 Å². The molecule has 4 amide bonds. The summed E-state index contributed by atoms with van der Waals surface area (Å²) >= 11 is 4.28. The van der Waals surface area contributed by atoms with Gasteiger partial charge in [-0.15, -0.1) is 12.8 Å². The molecular formula is C44H62N8O6S. The first kappa shape index (κ1) is 51.0. The van der Waals surface area contributed by atoms with Gasteiger partial charge in [-0.05, 0) is 40.6 Å². The maximum Gasteiger partial charge on any atom is 0.407 e. The van der Waals surface area contributed by atoms with Crippen LogP contribution in [-0.2, 0) is 32.2 Å². The number of methoxy groups -OCH3 is 2. The minimum Gasteiger partial charge on any atom is -0.453 e. The number of terminal acetylenes is 1. The zero-order valence-electron chi connectivity index (χ0n) is 34.7. The second-order valence-corrected chi connectivity index (χ2v) is 13.3. The van der Waals surface area contributed by atoms with Crippen LogP contribution in [0.2, 0.25) is 0 Å². The number of ether oxygens (including phenoxy) is 2. The molecule has 15 heteroatoms. The monoisotopic (exact) mass is 830 g/mol. The van der Waals surface area contributed by atoms with Crippen LogP contribution in [0.25, 0.3) is 44.2 Å². The molecule has 4 N–H and O–H groups in total. The molecule has 0 spiro atoms. The molecule has 0 atom stereocenters. The summed E-state index contributed by atoms with van der Waals surface area (Å²) in [6, 6.07) is 18.4. The molecule has 0 aliphatic carbocycles. The average Bonchev–Trinajstić information content (AvgIpc) is 3.89. The van der Waals surface area contributed by atoms with Crippen LogP contribution in [0.1, 0.15) is 73.0 Å². The Kier molecular flexibility index (Phi) is 23.9. The highest BCUT2D eigenvalue weighted by atomic mass is 32.1. The van der Waals surface area contributed by atoms with Gasteiger partial charge in [0.15, 0.2) is 0 Å².